The second-order valence-corrected chi connectivity index (χ2v) is 10.0. The molecule has 8 heteroatoms. The summed E-state index contributed by atoms with van der Waals surface area (Å²) < 4.78 is 0. The minimum absolute atomic E-state index is 0.0177. The number of rotatable bonds is 11. The summed E-state index contributed by atoms with van der Waals surface area (Å²) in [4.78, 5) is 28.4. The summed E-state index contributed by atoms with van der Waals surface area (Å²) in [6, 6.07) is 25.9. The van der Waals surface area contributed by atoms with Gasteiger partial charge >= 0.3 is 0 Å². The SMILES string of the molecule is CC(C)NCCNC(=O)CN(CC(=O)N(C)N1Cc2ccccc2C1)c1cc(C#N)ccc1-c1ccccc1. The van der Waals surface area contributed by atoms with Gasteiger partial charge in [-0.05, 0) is 28.8 Å². The van der Waals surface area contributed by atoms with E-state index in [0.717, 1.165) is 11.1 Å². The van der Waals surface area contributed by atoms with Crippen molar-refractivity contribution in [2.45, 2.75) is 33.0 Å². The highest BCUT2D eigenvalue weighted by atomic mass is 16.2. The lowest BCUT2D eigenvalue weighted by molar-refractivity contribution is -0.145. The Morgan fingerprint density at radius 1 is 0.949 bits per heavy atom. The van der Waals surface area contributed by atoms with Crippen LogP contribution in [0.5, 0.6) is 0 Å². The van der Waals surface area contributed by atoms with Crippen molar-refractivity contribution in [2.24, 2.45) is 0 Å². The van der Waals surface area contributed by atoms with Gasteiger partial charge in [0.05, 0.1) is 24.7 Å². The molecule has 0 bridgehead atoms. The zero-order chi connectivity index (χ0) is 27.8. The average molecular weight is 525 g/mol. The van der Waals surface area contributed by atoms with Crippen molar-refractivity contribution in [2.75, 3.05) is 38.1 Å². The van der Waals surface area contributed by atoms with Crippen LogP contribution in [0.25, 0.3) is 11.1 Å². The van der Waals surface area contributed by atoms with Crippen LogP contribution in [-0.4, -0.2) is 61.1 Å². The lowest BCUT2D eigenvalue weighted by Gasteiger charge is -2.32. The van der Waals surface area contributed by atoms with Crippen molar-refractivity contribution in [3.05, 3.63) is 89.5 Å². The number of carbonyl (C=O) groups excluding carboxylic acids is 2. The number of benzene rings is 3. The topological polar surface area (TPSA) is 91.7 Å². The number of hydrazine groups is 1. The molecule has 0 radical (unpaired) electrons. The number of nitrogens with zero attached hydrogens (tertiary/aromatic N) is 4. The van der Waals surface area contributed by atoms with Crippen molar-refractivity contribution < 1.29 is 9.59 Å². The third-order valence-electron chi connectivity index (χ3n) is 6.82. The van der Waals surface area contributed by atoms with Crippen LogP contribution in [-0.2, 0) is 22.7 Å². The van der Waals surface area contributed by atoms with Gasteiger partial charge in [-0.15, -0.1) is 0 Å². The molecule has 2 amide bonds. The Labute approximate surface area is 230 Å². The highest BCUT2D eigenvalue weighted by Gasteiger charge is 2.27. The van der Waals surface area contributed by atoms with Crippen LogP contribution in [0.2, 0.25) is 0 Å². The molecule has 0 saturated heterocycles. The lowest BCUT2D eigenvalue weighted by atomic mass is 10.0. The molecular weight excluding hydrogens is 488 g/mol. The first-order valence-corrected chi connectivity index (χ1v) is 13.3. The van der Waals surface area contributed by atoms with Crippen LogP contribution < -0.4 is 15.5 Å². The molecular formula is C31H36N6O2. The molecule has 3 aromatic rings. The van der Waals surface area contributed by atoms with Gasteiger partial charge in [0.25, 0.3) is 5.91 Å². The summed E-state index contributed by atoms with van der Waals surface area (Å²) in [6.07, 6.45) is 0. The number of carbonyl (C=O) groups is 2. The van der Waals surface area contributed by atoms with Crippen molar-refractivity contribution >= 4 is 17.5 Å². The van der Waals surface area contributed by atoms with Gasteiger partial charge in [-0.1, -0.05) is 74.5 Å². The minimum Gasteiger partial charge on any atom is -0.353 e. The highest BCUT2D eigenvalue weighted by molar-refractivity contribution is 5.90. The first-order chi connectivity index (χ1) is 18.9. The molecule has 1 heterocycles. The van der Waals surface area contributed by atoms with E-state index >= 15 is 0 Å². The van der Waals surface area contributed by atoms with Crippen LogP contribution >= 0.6 is 0 Å². The van der Waals surface area contributed by atoms with Crippen LogP contribution in [0.3, 0.4) is 0 Å². The van der Waals surface area contributed by atoms with Gasteiger partial charge in [0.15, 0.2) is 0 Å². The minimum atomic E-state index is -0.189. The molecule has 0 fully saturated rings. The second-order valence-electron chi connectivity index (χ2n) is 10.0. The Morgan fingerprint density at radius 2 is 1.62 bits per heavy atom. The molecule has 3 aromatic carbocycles. The number of anilines is 1. The zero-order valence-electron chi connectivity index (χ0n) is 22.9. The number of nitriles is 1. The molecule has 2 N–H and O–H groups in total. The summed E-state index contributed by atoms with van der Waals surface area (Å²) in [5, 5.41) is 19.5. The number of likely N-dealkylation sites (N-methyl/N-ethyl adjacent to an activating group) is 1. The number of fused-ring (bicyclic) bond motifs is 1. The summed E-state index contributed by atoms with van der Waals surface area (Å²) in [7, 11) is 1.77. The van der Waals surface area contributed by atoms with Gasteiger partial charge in [-0.25, -0.2) is 5.01 Å². The summed E-state index contributed by atoms with van der Waals surface area (Å²) in [6.45, 7) is 6.51. The maximum absolute atomic E-state index is 13.6. The summed E-state index contributed by atoms with van der Waals surface area (Å²) in [5.74, 6) is -0.329. The van der Waals surface area contributed by atoms with E-state index in [1.807, 2.05) is 53.5 Å². The van der Waals surface area contributed by atoms with E-state index in [9.17, 15) is 14.9 Å². The van der Waals surface area contributed by atoms with E-state index in [2.05, 4.69) is 42.7 Å². The third kappa shape index (κ3) is 7.23. The number of hydrogen-bond donors (Lipinski definition) is 2. The highest BCUT2D eigenvalue weighted by Crippen LogP contribution is 2.32. The molecule has 1 aliphatic rings. The second kappa shape index (κ2) is 13.1. The van der Waals surface area contributed by atoms with Gasteiger partial charge in [0, 0.05) is 50.5 Å². The van der Waals surface area contributed by atoms with Crippen LogP contribution in [0.1, 0.15) is 30.5 Å². The molecule has 0 aromatic heterocycles. The standard InChI is InChI=1S/C31H36N6O2/c1-23(2)33-15-16-34-30(38)21-36(22-31(39)35(3)37-19-26-11-7-8-12-27(26)20-37)29-17-24(18-32)13-14-28(29)25-9-5-4-6-10-25/h4-14,17,23,33H,15-16,19-22H2,1-3H3,(H,34,38). The van der Waals surface area contributed by atoms with Crippen LogP contribution in [0.15, 0.2) is 72.8 Å². The molecule has 202 valence electrons. The van der Waals surface area contributed by atoms with Crippen molar-refractivity contribution in [3.63, 3.8) is 0 Å². The Balaban J connectivity index is 1.58. The number of hydrogen-bond acceptors (Lipinski definition) is 6. The zero-order valence-corrected chi connectivity index (χ0v) is 22.9. The van der Waals surface area contributed by atoms with E-state index in [4.69, 9.17) is 0 Å². The fourth-order valence-electron chi connectivity index (χ4n) is 4.69. The van der Waals surface area contributed by atoms with Crippen LogP contribution in [0, 0.1) is 11.3 Å². The van der Waals surface area contributed by atoms with E-state index in [1.165, 1.54) is 11.1 Å². The van der Waals surface area contributed by atoms with Gasteiger partial charge in [0.1, 0.15) is 0 Å². The average Bonchev–Trinajstić information content (AvgIpc) is 3.39. The number of amides is 2. The van der Waals surface area contributed by atoms with Gasteiger partial charge in [-0.2, -0.15) is 5.26 Å². The normalized spacial score (nSPS) is 12.6. The van der Waals surface area contributed by atoms with Crippen molar-refractivity contribution in [1.29, 1.82) is 5.26 Å². The van der Waals surface area contributed by atoms with Gasteiger partial charge in [0.2, 0.25) is 5.91 Å². The molecule has 8 nitrogen and oxygen atoms in total. The molecule has 39 heavy (non-hydrogen) atoms. The van der Waals surface area contributed by atoms with E-state index in [0.29, 0.717) is 43.5 Å². The first-order valence-electron chi connectivity index (χ1n) is 13.3. The fraction of sp³-hybridized carbons (Fsp3) is 0.323. The Hall–Kier alpha value is -4.19. The smallest absolute Gasteiger partial charge is 0.256 e. The number of nitrogens with one attached hydrogen (secondary N) is 2. The molecule has 0 unspecified atom stereocenters. The van der Waals surface area contributed by atoms with E-state index < -0.39 is 0 Å². The molecule has 0 spiro atoms. The van der Waals surface area contributed by atoms with Gasteiger partial charge in [-0.3, -0.25) is 14.6 Å². The molecule has 0 atom stereocenters. The molecule has 0 aliphatic carbocycles. The van der Waals surface area contributed by atoms with Crippen LogP contribution in [0.4, 0.5) is 5.69 Å². The Kier molecular flexibility index (Phi) is 9.31. The van der Waals surface area contributed by atoms with E-state index in [1.54, 1.807) is 29.1 Å². The summed E-state index contributed by atoms with van der Waals surface area (Å²) in [5.41, 5.74) is 5.34. The molecule has 1 aliphatic heterocycles. The maximum Gasteiger partial charge on any atom is 0.256 e. The predicted molar refractivity (Wildman–Crippen MR) is 153 cm³/mol. The predicted octanol–water partition coefficient (Wildman–Crippen LogP) is 3.54. The summed E-state index contributed by atoms with van der Waals surface area (Å²) >= 11 is 0. The Morgan fingerprint density at radius 3 is 2.26 bits per heavy atom. The molecule has 4 rings (SSSR count). The largest absolute Gasteiger partial charge is 0.353 e. The monoisotopic (exact) mass is 524 g/mol. The quantitative estimate of drug-likeness (QED) is 0.373. The van der Waals surface area contributed by atoms with E-state index in [-0.39, 0.29) is 24.9 Å². The van der Waals surface area contributed by atoms with Crippen molar-refractivity contribution in [1.82, 2.24) is 20.7 Å². The Bertz CT molecular complexity index is 1310. The third-order valence-corrected chi connectivity index (χ3v) is 6.82. The fourth-order valence-corrected chi connectivity index (χ4v) is 4.69. The maximum atomic E-state index is 13.6. The lowest BCUT2D eigenvalue weighted by Crippen LogP contribution is -2.48. The van der Waals surface area contributed by atoms with Gasteiger partial charge < -0.3 is 15.5 Å². The first kappa shape index (κ1) is 27.8. The molecule has 0 saturated carbocycles. The van der Waals surface area contributed by atoms with Crippen molar-refractivity contribution in [3.8, 4) is 17.2 Å².